The van der Waals surface area contributed by atoms with Crippen LogP contribution in [-0.4, -0.2) is 31.7 Å². The molecule has 1 aliphatic heterocycles. The van der Waals surface area contributed by atoms with Gasteiger partial charge < -0.3 is 5.32 Å². The minimum absolute atomic E-state index is 0. The molecule has 0 aromatic heterocycles. The first kappa shape index (κ1) is 13.1. The van der Waals surface area contributed by atoms with E-state index in [4.69, 9.17) is 0 Å². The van der Waals surface area contributed by atoms with E-state index in [1.165, 1.54) is 19.4 Å². The topological polar surface area (TPSA) is 15.3 Å². The highest BCUT2D eigenvalue weighted by molar-refractivity contribution is 5.85. The van der Waals surface area contributed by atoms with Gasteiger partial charge in [-0.2, -0.15) is 0 Å². The monoisotopic (exact) mass is 186 g/mol. The molecule has 1 aliphatic rings. The van der Waals surface area contributed by atoms with Gasteiger partial charge >= 0.3 is 0 Å². The van der Waals surface area contributed by atoms with Crippen LogP contribution in [0.2, 0.25) is 0 Å². The molecule has 2 nitrogen and oxygen atoms in total. The molecule has 0 aromatic carbocycles. The molecule has 1 saturated heterocycles. The van der Waals surface area contributed by atoms with E-state index in [0.717, 1.165) is 0 Å². The van der Waals surface area contributed by atoms with Crippen LogP contribution in [0.15, 0.2) is 0 Å². The van der Waals surface area contributed by atoms with Crippen LogP contribution in [0.1, 0.15) is 12.8 Å². The van der Waals surface area contributed by atoms with Gasteiger partial charge in [-0.25, -0.2) is 0 Å². The van der Waals surface area contributed by atoms with Crippen molar-refractivity contribution in [2.45, 2.75) is 19.0 Å². The van der Waals surface area contributed by atoms with Crippen LogP contribution in [0.25, 0.3) is 0 Å². The summed E-state index contributed by atoms with van der Waals surface area (Å²) in [6.45, 7) is 1.26. The van der Waals surface area contributed by atoms with Crippen molar-refractivity contribution < 1.29 is 0 Å². The van der Waals surface area contributed by atoms with Gasteiger partial charge in [-0.1, -0.05) is 0 Å². The van der Waals surface area contributed by atoms with Gasteiger partial charge in [0.15, 0.2) is 0 Å². The molecule has 10 heavy (non-hydrogen) atoms. The molecule has 4 heteroatoms. The highest BCUT2D eigenvalue weighted by atomic mass is 35.5. The average Bonchev–Trinajstić information content (AvgIpc) is 2.14. The van der Waals surface area contributed by atoms with E-state index in [-0.39, 0.29) is 24.8 Å². The molecule has 0 aromatic rings. The van der Waals surface area contributed by atoms with Crippen molar-refractivity contribution in [3.8, 4) is 0 Å². The van der Waals surface area contributed by atoms with Crippen LogP contribution in [-0.2, 0) is 0 Å². The first-order valence-electron chi connectivity index (χ1n) is 3.22. The van der Waals surface area contributed by atoms with Crippen LogP contribution < -0.4 is 5.32 Å². The van der Waals surface area contributed by atoms with Gasteiger partial charge in [0.2, 0.25) is 0 Å². The molecule has 1 unspecified atom stereocenters. The predicted molar refractivity (Wildman–Crippen MR) is 49.2 cm³/mol. The summed E-state index contributed by atoms with van der Waals surface area (Å²) >= 11 is 0. The molecule has 1 N–H and O–H groups in total. The van der Waals surface area contributed by atoms with Crippen LogP contribution in [0.5, 0.6) is 0 Å². The van der Waals surface area contributed by atoms with Crippen molar-refractivity contribution in [1.82, 2.24) is 10.2 Å². The minimum Gasteiger partial charge on any atom is -0.305 e. The Bertz CT molecular complexity index is 80.1. The maximum absolute atomic E-state index is 3.24. The highest BCUT2D eigenvalue weighted by Gasteiger charge is 2.17. The highest BCUT2D eigenvalue weighted by Crippen LogP contribution is 2.10. The molecular formula is C6H16Cl2N2. The van der Waals surface area contributed by atoms with Crippen LogP contribution in [0.3, 0.4) is 0 Å². The third-order valence-corrected chi connectivity index (χ3v) is 1.85. The second-order valence-electron chi connectivity index (χ2n) is 2.43. The number of likely N-dealkylation sites (tertiary alicyclic amines) is 1. The van der Waals surface area contributed by atoms with E-state index in [2.05, 4.69) is 17.3 Å². The molecule has 0 spiro atoms. The molecule has 1 heterocycles. The number of nitrogens with one attached hydrogen (secondary N) is 1. The molecule has 1 rings (SSSR count). The lowest BCUT2D eigenvalue weighted by molar-refractivity contribution is 0.279. The molecule has 0 saturated carbocycles. The lowest BCUT2D eigenvalue weighted by Gasteiger charge is -2.17. The first-order valence-corrected chi connectivity index (χ1v) is 3.22. The zero-order valence-corrected chi connectivity index (χ0v) is 8.10. The van der Waals surface area contributed by atoms with Gasteiger partial charge in [-0.05, 0) is 33.5 Å². The molecule has 0 radical (unpaired) electrons. The van der Waals surface area contributed by atoms with Crippen LogP contribution >= 0.6 is 24.8 Å². The Balaban J connectivity index is 0. The number of hydrogen-bond donors (Lipinski definition) is 1. The lowest BCUT2D eigenvalue weighted by Crippen LogP contribution is -2.35. The van der Waals surface area contributed by atoms with E-state index in [0.29, 0.717) is 6.17 Å². The molecule has 1 atom stereocenters. The van der Waals surface area contributed by atoms with Crippen LogP contribution in [0.4, 0.5) is 0 Å². The van der Waals surface area contributed by atoms with E-state index < -0.39 is 0 Å². The van der Waals surface area contributed by atoms with E-state index >= 15 is 0 Å². The SMILES string of the molecule is CNC1CCCN1C.Cl.Cl. The quantitative estimate of drug-likeness (QED) is 0.661. The van der Waals surface area contributed by atoms with Crippen molar-refractivity contribution in [2.75, 3.05) is 20.6 Å². The third-order valence-electron chi connectivity index (χ3n) is 1.85. The Morgan fingerprint density at radius 1 is 1.40 bits per heavy atom. The van der Waals surface area contributed by atoms with E-state index in [1.807, 2.05) is 7.05 Å². The number of nitrogens with zero attached hydrogens (tertiary/aromatic N) is 1. The Morgan fingerprint density at radius 2 is 2.00 bits per heavy atom. The van der Waals surface area contributed by atoms with Crippen molar-refractivity contribution in [3.05, 3.63) is 0 Å². The standard InChI is InChI=1S/C6H14N2.2ClH/c1-7-6-4-3-5-8(6)2;;/h6-7H,3-5H2,1-2H3;2*1H. The fraction of sp³-hybridized carbons (Fsp3) is 1.00. The summed E-state index contributed by atoms with van der Waals surface area (Å²) in [5.41, 5.74) is 0. The number of rotatable bonds is 1. The first-order chi connectivity index (χ1) is 3.84. The molecule has 1 fully saturated rings. The van der Waals surface area contributed by atoms with E-state index in [9.17, 15) is 0 Å². The van der Waals surface area contributed by atoms with Gasteiger partial charge in [-0.3, -0.25) is 4.90 Å². The second kappa shape index (κ2) is 6.23. The number of hydrogen-bond acceptors (Lipinski definition) is 2. The maximum atomic E-state index is 3.24. The fourth-order valence-corrected chi connectivity index (χ4v) is 1.27. The summed E-state index contributed by atoms with van der Waals surface area (Å²) in [4.78, 5) is 2.35. The summed E-state index contributed by atoms with van der Waals surface area (Å²) in [5.74, 6) is 0. The van der Waals surface area contributed by atoms with Crippen molar-refractivity contribution in [3.63, 3.8) is 0 Å². The Labute approximate surface area is 75.2 Å². The Hall–Kier alpha value is 0.500. The van der Waals surface area contributed by atoms with Gasteiger partial charge in [0.05, 0.1) is 6.17 Å². The minimum atomic E-state index is 0. The van der Waals surface area contributed by atoms with Crippen molar-refractivity contribution >= 4 is 24.8 Å². The second-order valence-corrected chi connectivity index (χ2v) is 2.43. The Morgan fingerprint density at radius 3 is 2.20 bits per heavy atom. The third kappa shape index (κ3) is 3.06. The zero-order valence-electron chi connectivity index (χ0n) is 6.46. The van der Waals surface area contributed by atoms with Gasteiger partial charge in [0.25, 0.3) is 0 Å². The smallest absolute Gasteiger partial charge is 0.0592 e. The van der Waals surface area contributed by atoms with E-state index in [1.54, 1.807) is 0 Å². The molecule has 0 bridgehead atoms. The predicted octanol–water partition coefficient (Wildman–Crippen LogP) is 1.10. The average molecular weight is 187 g/mol. The molecule has 0 aliphatic carbocycles. The van der Waals surface area contributed by atoms with Crippen molar-refractivity contribution in [2.24, 2.45) is 0 Å². The normalized spacial score (nSPS) is 25.2. The summed E-state index contributed by atoms with van der Waals surface area (Å²) in [5, 5.41) is 3.24. The molecule has 64 valence electrons. The molecular weight excluding hydrogens is 171 g/mol. The zero-order chi connectivity index (χ0) is 5.98. The number of halogens is 2. The fourth-order valence-electron chi connectivity index (χ4n) is 1.27. The Kier molecular flexibility index (Phi) is 8.17. The van der Waals surface area contributed by atoms with Gasteiger partial charge in [0.1, 0.15) is 0 Å². The van der Waals surface area contributed by atoms with Gasteiger partial charge in [0, 0.05) is 0 Å². The summed E-state index contributed by atoms with van der Waals surface area (Å²) in [7, 11) is 4.18. The van der Waals surface area contributed by atoms with Crippen molar-refractivity contribution in [1.29, 1.82) is 0 Å². The van der Waals surface area contributed by atoms with Crippen LogP contribution in [0, 0.1) is 0 Å². The summed E-state index contributed by atoms with van der Waals surface area (Å²) in [6, 6.07) is 0. The molecule has 0 amide bonds. The maximum Gasteiger partial charge on any atom is 0.0592 e. The van der Waals surface area contributed by atoms with Gasteiger partial charge in [-0.15, -0.1) is 24.8 Å². The lowest BCUT2D eigenvalue weighted by atomic mass is 10.3. The summed E-state index contributed by atoms with van der Waals surface area (Å²) < 4.78 is 0. The summed E-state index contributed by atoms with van der Waals surface area (Å²) in [6.07, 6.45) is 3.31. The largest absolute Gasteiger partial charge is 0.305 e.